The number of amides is 1. The molecule has 2 saturated heterocycles. The number of carbonyl (C=O) groups excluding carboxylic acids is 2. The van der Waals surface area contributed by atoms with Crippen molar-refractivity contribution in [3.63, 3.8) is 0 Å². The van der Waals surface area contributed by atoms with Gasteiger partial charge < -0.3 is 14.5 Å². The number of likely N-dealkylation sites (tertiary alicyclic amines) is 1. The molecule has 2 aliphatic heterocycles. The van der Waals surface area contributed by atoms with Gasteiger partial charge in [0.05, 0.1) is 18.3 Å². The average molecular weight is 422 g/mol. The summed E-state index contributed by atoms with van der Waals surface area (Å²) < 4.78 is 7.39. The summed E-state index contributed by atoms with van der Waals surface area (Å²) in [6.07, 6.45) is 7.65. The number of ether oxygens (including phenoxy) is 1. The van der Waals surface area contributed by atoms with Crippen molar-refractivity contribution in [3.8, 4) is 0 Å². The van der Waals surface area contributed by atoms with Gasteiger partial charge in [0.2, 0.25) is 11.9 Å². The summed E-state index contributed by atoms with van der Waals surface area (Å²) >= 11 is 1.48. The Morgan fingerprint density at radius 1 is 1.07 bits per heavy atom. The molecule has 0 spiro atoms. The van der Waals surface area contributed by atoms with Crippen LogP contribution < -0.4 is 4.90 Å². The van der Waals surface area contributed by atoms with E-state index >= 15 is 0 Å². The van der Waals surface area contributed by atoms with E-state index in [1.165, 1.54) is 31.0 Å². The highest BCUT2D eigenvalue weighted by Gasteiger charge is 2.33. The molecule has 3 fully saturated rings. The number of thioether (sulfide) groups is 1. The van der Waals surface area contributed by atoms with Gasteiger partial charge in [0, 0.05) is 32.2 Å². The van der Waals surface area contributed by atoms with E-state index in [0.29, 0.717) is 31.5 Å². The molecule has 3 aliphatic rings. The minimum atomic E-state index is -0.196. The van der Waals surface area contributed by atoms with Crippen molar-refractivity contribution in [2.75, 3.05) is 43.4 Å². The van der Waals surface area contributed by atoms with Crippen molar-refractivity contribution in [1.29, 1.82) is 0 Å². The molecule has 1 atom stereocenters. The topological polar surface area (TPSA) is 80.6 Å². The Hall–Kier alpha value is -1.77. The lowest BCUT2D eigenvalue weighted by Crippen LogP contribution is -2.43. The summed E-state index contributed by atoms with van der Waals surface area (Å²) in [6, 6.07) is 0.475. The normalized spacial score (nSPS) is 22.6. The Kier molecular flexibility index (Phi) is 6.62. The van der Waals surface area contributed by atoms with Gasteiger partial charge in [-0.05, 0) is 51.9 Å². The van der Waals surface area contributed by atoms with E-state index in [0.717, 1.165) is 49.9 Å². The van der Waals surface area contributed by atoms with Crippen LogP contribution in [-0.2, 0) is 14.3 Å². The average Bonchev–Trinajstić information content (AvgIpc) is 3.51. The number of hydrogen-bond donors (Lipinski definition) is 0. The molecule has 0 aromatic carbocycles. The fraction of sp³-hybridized carbons (Fsp3) is 0.800. The minimum Gasteiger partial charge on any atom is -0.466 e. The van der Waals surface area contributed by atoms with Crippen LogP contribution in [0.5, 0.6) is 0 Å². The van der Waals surface area contributed by atoms with Gasteiger partial charge in [-0.3, -0.25) is 14.2 Å². The van der Waals surface area contributed by atoms with Gasteiger partial charge in [-0.2, -0.15) is 0 Å². The van der Waals surface area contributed by atoms with Gasteiger partial charge in [0.25, 0.3) is 0 Å². The molecule has 0 radical (unpaired) electrons. The van der Waals surface area contributed by atoms with Gasteiger partial charge in [0.1, 0.15) is 0 Å². The monoisotopic (exact) mass is 421 g/mol. The summed E-state index contributed by atoms with van der Waals surface area (Å²) in [4.78, 5) is 29.0. The van der Waals surface area contributed by atoms with E-state index in [-0.39, 0.29) is 17.8 Å². The SMILES string of the molecule is CCOC(=O)C1CCCN(C(=O)CSc2nnc(N3CCCCC3)n2C2CC2)C1. The molecule has 8 nitrogen and oxygen atoms in total. The maximum Gasteiger partial charge on any atom is 0.310 e. The lowest BCUT2D eigenvalue weighted by Gasteiger charge is -2.31. The fourth-order valence-electron chi connectivity index (χ4n) is 4.20. The maximum absolute atomic E-state index is 12.8. The molecule has 1 aromatic rings. The highest BCUT2D eigenvalue weighted by atomic mass is 32.2. The van der Waals surface area contributed by atoms with Crippen molar-refractivity contribution in [1.82, 2.24) is 19.7 Å². The van der Waals surface area contributed by atoms with E-state index < -0.39 is 0 Å². The Balaban J connectivity index is 1.37. The first-order valence-corrected chi connectivity index (χ1v) is 11.9. The molecule has 1 aliphatic carbocycles. The number of carbonyl (C=O) groups is 2. The predicted molar refractivity (Wildman–Crippen MR) is 111 cm³/mol. The number of aromatic nitrogens is 3. The van der Waals surface area contributed by atoms with Crippen LogP contribution in [0.3, 0.4) is 0 Å². The second-order valence-corrected chi connectivity index (χ2v) is 9.09. The Morgan fingerprint density at radius 2 is 1.86 bits per heavy atom. The smallest absolute Gasteiger partial charge is 0.310 e. The van der Waals surface area contributed by atoms with E-state index in [1.54, 1.807) is 0 Å². The van der Waals surface area contributed by atoms with E-state index in [9.17, 15) is 9.59 Å². The lowest BCUT2D eigenvalue weighted by molar-refractivity contribution is -0.151. The molecule has 1 amide bonds. The van der Waals surface area contributed by atoms with Crippen molar-refractivity contribution in [3.05, 3.63) is 0 Å². The van der Waals surface area contributed by atoms with E-state index in [1.807, 2.05) is 11.8 Å². The Bertz CT molecular complexity index is 730. The van der Waals surface area contributed by atoms with E-state index in [4.69, 9.17) is 4.74 Å². The molecule has 3 heterocycles. The zero-order chi connectivity index (χ0) is 20.2. The number of anilines is 1. The minimum absolute atomic E-state index is 0.0638. The number of rotatable bonds is 7. The first kappa shape index (κ1) is 20.5. The second-order valence-electron chi connectivity index (χ2n) is 8.15. The fourth-order valence-corrected chi connectivity index (χ4v) is 5.11. The van der Waals surface area contributed by atoms with Crippen LogP contribution in [0.4, 0.5) is 5.95 Å². The molecule has 1 aromatic heterocycles. The third-order valence-electron chi connectivity index (χ3n) is 5.92. The first-order chi connectivity index (χ1) is 14.2. The third kappa shape index (κ3) is 4.87. The van der Waals surface area contributed by atoms with Crippen LogP contribution in [0.25, 0.3) is 0 Å². The summed E-state index contributed by atoms with van der Waals surface area (Å²) in [5, 5.41) is 9.75. The van der Waals surface area contributed by atoms with Gasteiger partial charge in [-0.1, -0.05) is 11.8 Å². The zero-order valence-electron chi connectivity index (χ0n) is 17.2. The largest absolute Gasteiger partial charge is 0.466 e. The molecule has 4 rings (SSSR count). The van der Waals surface area contributed by atoms with Crippen LogP contribution >= 0.6 is 11.8 Å². The summed E-state index contributed by atoms with van der Waals surface area (Å²) in [7, 11) is 0. The molecule has 160 valence electrons. The maximum atomic E-state index is 12.8. The first-order valence-electron chi connectivity index (χ1n) is 10.9. The molecule has 0 bridgehead atoms. The number of hydrogen-bond acceptors (Lipinski definition) is 7. The van der Waals surface area contributed by atoms with Crippen LogP contribution in [0, 0.1) is 5.92 Å². The van der Waals surface area contributed by atoms with Crippen molar-refractivity contribution in [2.45, 2.75) is 63.1 Å². The lowest BCUT2D eigenvalue weighted by atomic mass is 9.98. The Morgan fingerprint density at radius 3 is 2.59 bits per heavy atom. The van der Waals surface area contributed by atoms with Crippen LogP contribution in [-0.4, -0.2) is 70.1 Å². The number of piperidine rings is 2. The predicted octanol–water partition coefficient (Wildman–Crippen LogP) is 2.50. The molecule has 0 N–H and O–H groups in total. The number of esters is 1. The van der Waals surface area contributed by atoms with Crippen molar-refractivity contribution in [2.24, 2.45) is 5.92 Å². The third-order valence-corrected chi connectivity index (χ3v) is 6.84. The molecule has 29 heavy (non-hydrogen) atoms. The highest BCUT2D eigenvalue weighted by molar-refractivity contribution is 7.99. The van der Waals surface area contributed by atoms with Crippen molar-refractivity contribution < 1.29 is 14.3 Å². The Labute approximate surface area is 176 Å². The quantitative estimate of drug-likeness (QED) is 0.494. The van der Waals surface area contributed by atoms with Gasteiger partial charge >= 0.3 is 5.97 Å². The molecular formula is C20H31N5O3S. The standard InChI is InChI=1S/C20H31N5O3S/c1-2-28-18(27)15-7-6-12-24(13-15)17(26)14-29-20-22-21-19(25(20)16-8-9-16)23-10-4-3-5-11-23/h15-16H,2-14H2,1H3. The molecule has 1 saturated carbocycles. The van der Waals surface area contributed by atoms with E-state index in [2.05, 4.69) is 19.7 Å². The molecule has 9 heteroatoms. The highest BCUT2D eigenvalue weighted by Crippen LogP contribution is 2.41. The summed E-state index contributed by atoms with van der Waals surface area (Å²) in [5.74, 6) is 0.993. The van der Waals surface area contributed by atoms with Crippen LogP contribution in [0.2, 0.25) is 0 Å². The van der Waals surface area contributed by atoms with Gasteiger partial charge in [-0.25, -0.2) is 0 Å². The molecule has 1 unspecified atom stereocenters. The number of nitrogens with zero attached hydrogens (tertiary/aromatic N) is 5. The van der Waals surface area contributed by atoms with Gasteiger partial charge in [-0.15, -0.1) is 10.2 Å². The van der Waals surface area contributed by atoms with Crippen LogP contribution in [0.15, 0.2) is 5.16 Å². The molecular weight excluding hydrogens is 390 g/mol. The second kappa shape index (κ2) is 9.36. The van der Waals surface area contributed by atoms with Crippen LogP contribution in [0.1, 0.15) is 57.9 Å². The summed E-state index contributed by atoms with van der Waals surface area (Å²) in [6.45, 7) is 5.45. The van der Waals surface area contributed by atoms with Gasteiger partial charge in [0.15, 0.2) is 5.16 Å². The summed E-state index contributed by atoms with van der Waals surface area (Å²) in [5.41, 5.74) is 0. The van der Waals surface area contributed by atoms with Crippen molar-refractivity contribution >= 4 is 29.6 Å². The zero-order valence-corrected chi connectivity index (χ0v) is 18.0.